The molecule has 28 heavy (non-hydrogen) atoms. The van der Waals surface area contributed by atoms with Crippen LogP contribution in [0, 0.1) is 0 Å². The van der Waals surface area contributed by atoms with Crippen LogP contribution in [0.1, 0.15) is 30.7 Å². The van der Waals surface area contributed by atoms with Crippen LogP contribution in [0.4, 0.5) is 0 Å². The lowest BCUT2D eigenvalue weighted by Crippen LogP contribution is -3.10. The number of aromatic nitrogens is 2. The Morgan fingerprint density at radius 2 is 1.86 bits per heavy atom. The van der Waals surface area contributed by atoms with Crippen molar-refractivity contribution in [2.45, 2.75) is 26.9 Å². The van der Waals surface area contributed by atoms with Crippen LogP contribution < -0.4 is 10.2 Å². The zero-order chi connectivity index (χ0) is 19.9. The van der Waals surface area contributed by atoms with E-state index in [1.165, 1.54) is 11.6 Å². The predicted molar refractivity (Wildman–Crippen MR) is 113 cm³/mol. The van der Waals surface area contributed by atoms with Crippen LogP contribution in [-0.2, 0) is 17.9 Å². The molecule has 0 saturated carbocycles. The van der Waals surface area contributed by atoms with E-state index < -0.39 is 0 Å². The van der Waals surface area contributed by atoms with Gasteiger partial charge in [0, 0.05) is 24.4 Å². The summed E-state index contributed by atoms with van der Waals surface area (Å²) in [4.78, 5) is 18.0. The second-order valence-electron chi connectivity index (χ2n) is 6.72. The van der Waals surface area contributed by atoms with E-state index in [0.29, 0.717) is 17.4 Å². The first-order chi connectivity index (χ1) is 13.6. The first-order valence-corrected chi connectivity index (χ1v) is 9.98. The molecule has 2 N–H and O–H groups in total. The average Bonchev–Trinajstić information content (AvgIpc) is 3.04. The first kappa shape index (κ1) is 20.1. The third kappa shape index (κ3) is 5.00. The Morgan fingerprint density at radius 3 is 2.57 bits per heavy atom. The number of nitrogens with one attached hydrogen (secondary N) is 2. The first-order valence-electron chi connectivity index (χ1n) is 9.60. The molecule has 0 spiro atoms. The summed E-state index contributed by atoms with van der Waals surface area (Å²) in [5.41, 5.74) is 3.83. The highest BCUT2D eigenvalue weighted by Gasteiger charge is 2.08. The molecule has 0 radical (unpaired) electrons. The number of carbonyl (C=O) groups is 1. The number of rotatable bonds is 8. The molecule has 1 aromatic carbocycles. The van der Waals surface area contributed by atoms with Crippen molar-refractivity contribution in [2.24, 2.45) is 0 Å². The topological polar surface area (TPSA) is 50.8 Å². The van der Waals surface area contributed by atoms with Crippen LogP contribution in [0.3, 0.4) is 0 Å². The van der Waals surface area contributed by atoms with Crippen LogP contribution >= 0.6 is 11.6 Å². The lowest BCUT2D eigenvalue weighted by Gasteiger charge is -2.15. The van der Waals surface area contributed by atoms with Crippen LogP contribution in [0.15, 0.2) is 54.7 Å². The second-order valence-corrected chi connectivity index (χ2v) is 7.08. The van der Waals surface area contributed by atoms with Crippen molar-refractivity contribution < 1.29 is 9.69 Å². The molecule has 0 fully saturated rings. The van der Waals surface area contributed by atoms with Gasteiger partial charge >= 0.3 is 0 Å². The van der Waals surface area contributed by atoms with Gasteiger partial charge in [0.1, 0.15) is 12.2 Å². The van der Waals surface area contributed by atoms with E-state index in [1.807, 2.05) is 28.8 Å². The van der Waals surface area contributed by atoms with Gasteiger partial charge in [0.2, 0.25) is 5.91 Å². The summed E-state index contributed by atoms with van der Waals surface area (Å²) in [5, 5.41) is 3.28. The summed E-state index contributed by atoms with van der Waals surface area (Å²) in [6.45, 7) is 8.17. The van der Waals surface area contributed by atoms with Gasteiger partial charge in [-0.15, -0.1) is 0 Å². The molecule has 2 heterocycles. The minimum Gasteiger partial charge on any atom is -0.348 e. The molecule has 3 rings (SSSR count). The summed E-state index contributed by atoms with van der Waals surface area (Å²) in [7, 11) is 0. The molecular formula is C22H26ClN4O+. The van der Waals surface area contributed by atoms with Gasteiger partial charge in [0.25, 0.3) is 0 Å². The molecule has 0 atom stereocenters. The van der Waals surface area contributed by atoms with Crippen molar-refractivity contribution in [3.05, 3.63) is 76.7 Å². The van der Waals surface area contributed by atoms with Gasteiger partial charge in [0.15, 0.2) is 5.15 Å². The molecule has 0 unspecified atom stereocenters. The van der Waals surface area contributed by atoms with E-state index in [4.69, 9.17) is 11.6 Å². The smallest absolute Gasteiger partial charge is 0.244 e. The number of carbonyl (C=O) groups excluding carboxylic acids is 1. The Labute approximate surface area is 170 Å². The molecule has 3 aromatic rings. The summed E-state index contributed by atoms with van der Waals surface area (Å²) >= 11 is 6.18. The van der Waals surface area contributed by atoms with Gasteiger partial charge in [-0.2, -0.15) is 0 Å². The number of nitrogens with zero attached hydrogens (tertiary/aromatic N) is 2. The normalized spacial score (nSPS) is 11.6. The molecule has 0 saturated heterocycles. The number of hydrogen-bond donors (Lipinski definition) is 2. The van der Waals surface area contributed by atoms with E-state index >= 15 is 0 Å². The maximum atomic E-state index is 12.2. The van der Waals surface area contributed by atoms with Gasteiger partial charge in [-0.05, 0) is 37.6 Å². The van der Waals surface area contributed by atoms with Crippen molar-refractivity contribution in [3.63, 3.8) is 0 Å². The van der Waals surface area contributed by atoms with Crippen LogP contribution in [-0.4, -0.2) is 28.4 Å². The Balaban J connectivity index is 1.56. The van der Waals surface area contributed by atoms with Crippen LogP contribution in [0.5, 0.6) is 0 Å². The van der Waals surface area contributed by atoms with Crippen molar-refractivity contribution in [2.75, 3.05) is 13.1 Å². The summed E-state index contributed by atoms with van der Waals surface area (Å²) in [6, 6.07) is 14.1. The minimum atomic E-state index is -0.168. The van der Waals surface area contributed by atoms with E-state index in [-0.39, 0.29) is 5.91 Å². The third-order valence-electron chi connectivity index (χ3n) is 4.86. The fourth-order valence-electron chi connectivity index (χ4n) is 3.10. The molecule has 0 aliphatic carbocycles. The number of hydrogen-bond acceptors (Lipinski definition) is 2. The zero-order valence-electron chi connectivity index (χ0n) is 16.3. The SMILES string of the molecule is CC[NH+](CC)Cc1ccc(CNC(=O)/C=C/c2c(Cl)nc3ccccn23)cc1. The highest BCUT2D eigenvalue weighted by atomic mass is 35.5. The monoisotopic (exact) mass is 397 g/mol. The quantitative estimate of drug-likeness (QED) is 0.574. The fourth-order valence-corrected chi connectivity index (χ4v) is 3.34. The van der Waals surface area contributed by atoms with Crippen molar-refractivity contribution >= 4 is 29.2 Å². The van der Waals surface area contributed by atoms with E-state index in [2.05, 4.69) is 48.4 Å². The predicted octanol–water partition coefficient (Wildman–Crippen LogP) is 2.74. The van der Waals surface area contributed by atoms with Crippen LogP contribution in [0.25, 0.3) is 11.7 Å². The minimum absolute atomic E-state index is 0.168. The number of amides is 1. The van der Waals surface area contributed by atoms with Gasteiger partial charge in [-0.3, -0.25) is 9.20 Å². The van der Waals surface area contributed by atoms with E-state index in [0.717, 1.165) is 30.8 Å². The Hall–Kier alpha value is -2.63. The van der Waals surface area contributed by atoms with Crippen molar-refractivity contribution in [1.82, 2.24) is 14.7 Å². The number of benzene rings is 1. The number of quaternary nitrogens is 1. The lowest BCUT2D eigenvalue weighted by molar-refractivity contribution is -0.910. The maximum Gasteiger partial charge on any atom is 0.244 e. The molecule has 0 aliphatic heterocycles. The van der Waals surface area contributed by atoms with E-state index in [9.17, 15) is 4.79 Å². The van der Waals surface area contributed by atoms with E-state index in [1.54, 1.807) is 11.0 Å². The largest absolute Gasteiger partial charge is 0.348 e. The van der Waals surface area contributed by atoms with Crippen molar-refractivity contribution in [3.8, 4) is 0 Å². The fraction of sp³-hybridized carbons (Fsp3) is 0.273. The highest BCUT2D eigenvalue weighted by molar-refractivity contribution is 6.31. The molecule has 0 bridgehead atoms. The average molecular weight is 398 g/mol. The Morgan fingerprint density at radius 1 is 1.14 bits per heavy atom. The van der Waals surface area contributed by atoms with Gasteiger partial charge in [0.05, 0.1) is 18.8 Å². The molecule has 1 amide bonds. The summed E-state index contributed by atoms with van der Waals surface area (Å²) in [5.74, 6) is -0.168. The molecule has 6 heteroatoms. The van der Waals surface area contributed by atoms with Gasteiger partial charge in [-0.25, -0.2) is 4.98 Å². The molecule has 0 aliphatic rings. The molecular weight excluding hydrogens is 372 g/mol. The van der Waals surface area contributed by atoms with Gasteiger partial charge in [-0.1, -0.05) is 41.9 Å². The number of imidazole rings is 1. The Bertz CT molecular complexity index is 958. The Kier molecular flexibility index (Phi) is 6.85. The maximum absolute atomic E-state index is 12.2. The zero-order valence-corrected chi connectivity index (χ0v) is 17.0. The third-order valence-corrected chi connectivity index (χ3v) is 5.14. The standard InChI is InChI=1S/C22H25ClN4O/c1-3-26(4-2)16-18-10-8-17(9-11-18)15-24-21(28)13-12-19-22(23)25-20-7-5-6-14-27(19)20/h5-14H,3-4,15-16H2,1-2H3,(H,24,28)/p+1/b13-12+. The number of halogens is 1. The second kappa shape index (κ2) is 9.53. The van der Waals surface area contributed by atoms with Crippen molar-refractivity contribution in [1.29, 1.82) is 0 Å². The summed E-state index contributed by atoms with van der Waals surface area (Å²) in [6.07, 6.45) is 5.04. The number of fused-ring (bicyclic) bond motifs is 1. The lowest BCUT2D eigenvalue weighted by atomic mass is 10.1. The highest BCUT2D eigenvalue weighted by Crippen LogP contribution is 2.18. The molecule has 146 valence electrons. The molecule has 2 aromatic heterocycles. The number of pyridine rings is 1. The van der Waals surface area contributed by atoms with Gasteiger partial charge < -0.3 is 10.2 Å². The molecule has 5 nitrogen and oxygen atoms in total. The van der Waals surface area contributed by atoms with Crippen LogP contribution in [0.2, 0.25) is 5.15 Å². The summed E-state index contributed by atoms with van der Waals surface area (Å²) < 4.78 is 1.85.